The van der Waals surface area contributed by atoms with Gasteiger partial charge in [0.05, 0.1) is 17.7 Å². The van der Waals surface area contributed by atoms with Gasteiger partial charge in [-0.3, -0.25) is 0 Å². The van der Waals surface area contributed by atoms with Crippen LogP contribution in [0, 0.1) is 0 Å². The Labute approximate surface area is 157 Å². The van der Waals surface area contributed by atoms with Crippen LogP contribution in [0.1, 0.15) is 31.7 Å². The van der Waals surface area contributed by atoms with Gasteiger partial charge >= 0.3 is 0 Å². The second-order valence-electron chi connectivity index (χ2n) is 5.43. The standard InChI is InChI=1S/C18H21BrN2O3S/c1-2-3-4-13-24-17-9-5-15(6-10-17)14-20-21-25(22,23)18-11-7-16(19)8-12-18/h5-12,14,21H,2-4,13H2,1H3/b20-14+. The molecule has 0 bridgehead atoms. The summed E-state index contributed by atoms with van der Waals surface area (Å²) >= 11 is 3.27. The molecular weight excluding hydrogens is 404 g/mol. The molecule has 7 heteroatoms. The molecule has 0 aliphatic carbocycles. The number of halogens is 1. The first kappa shape index (κ1) is 19.5. The first-order valence-corrected chi connectivity index (χ1v) is 10.3. The lowest BCUT2D eigenvalue weighted by Crippen LogP contribution is -2.18. The third-order valence-corrected chi connectivity index (χ3v) is 5.17. The maximum atomic E-state index is 12.1. The summed E-state index contributed by atoms with van der Waals surface area (Å²) in [7, 11) is -3.67. The minimum absolute atomic E-state index is 0.156. The number of ether oxygens (including phenoxy) is 1. The second-order valence-corrected chi connectivity index (χ2v) is 8.01. The SMILES string of the molecule is CCCCCOc1ccc(/C=N/NS(=O)(=O)c2ccc(Br)cc2)cc1. The van der Waals surface area contributed by atoms with Gasteiger partial charge in [-0.25, -0.2) is 4.83 Å². The molecule has 134 valence electrons. The topological polar surface area (TPSA) is 67.8 Å². The number of benzene rings is 2. The van der Waals surface area contributed by atoms with Crippen molar-refractivity contribution in [1.82, 2.24) is 4.83 Å². The lowest BCUT2D eigenvalue weighted by Gasteiger charge is -2.06. The van der Waals surface area contributed by atoms with E-state index in [2.05, 4.69) is 32.8 Å². The van der Waals surface area contributed by atoms with Crippen molar-refractivity contribution in [2.45, 2.75) is 31.1 Å². The van der Waals surface area contributed by atoms with E-state index in [4.69, 9.17) is 4.74 Å². The number of nitrogens with one attached hydrogen (secondary N) is 1. The predicted octanol–water partition coefficient (Wildman–Crippen LogP) is 4.33. The van der Waals surface area contributed by atoms with E-state index in [0.717, 1.165) is 35.0 Å². The third-order valence-electron chi connectivity index (χ3n) is 3.41. The van der Waals surface area contributed by atoms with Gasteiger partial charge < -0.3 is 4.74 Å². The zero-order valence-corrected chi connectivity index (χ0v) is 16.4. The fourth-order valence-electron chi connectivity index (χ4n) is 2.03. The number of hydrazone groups is 1. The fraction of sp³-hybridized carbons (Fsp3) is 0.278. The summed E-state index contributed by atoms with van der Waals surface area (Å²) in [5.74, 6) is 0.795. The quantitative estimate of drug-likeness (QED) is 0.370. The second kappa shape index (κ2) is 9.58. The molecule has 0 radical (unpaired) electrons. The number of nitrogens with zero attached hydrogens (tertiary/aromatic N) is 1. The third kappa shape index (κ3) is 6.51. The van der Waals surface area contributed by atoms with E-state index in [-0.39, 0.29) is 4.90 Å². The molecular formula is C18H21BrN2O3S. The lowest BCUT2D eigenvalue weighted by atomic mass is 10.2. The Morgan fingerprint density at radius 2 is 1.76 bits per heavy atom. The Balaban J connectivity index is 1.90. The molecule has 0 fully saturated rings. The predicted molar refractivity (Wildman–Crippen MR) is 104 cm³/mol. The van der Waals surface area contributed by atoms with Crippen molar-refractivity contribution >= 4 is 32.2 Å². The van der Waals surface area contributed by atoms with Crippen LogP contribution in [0.3, 0.4) is 0 Å². The van der Waals surface area contributed by atoms with Crippen molar-refractivity contribution in [3.8, 4) is 5.75 Å². The number of sulfonamides is 1. The molecule has 0 spiro atoms. The van der Waals surface area contributed by atoms with E-state index in [9.17, 15) is 8.42 Å². The molecule has 0 saturated heterocycles. The average Bonchev–Trinajstić information content (AvgIpc) is 2.60. The molecule has 0 aliphatic heterocycles. The normalized spacial score (nSPS) is 11.6. The summed E-state index contributed by atoms with van der Waals surface area (Å²) in [4.78, 5) is 2.36. The molecule has 1 N–H and O–H groups in total. The lowest BCUT2D eigenvalue weighted by molar-refractivity contribution is 0.306. The summed E-state index contributed by atoms with van der Waals surface area (Å²) in [6.45, 7) is 2.85. The number of rotatable bonds is 9. The van der Waals surface area contributed by atoms with Crippen molar-refractivity contribution in [3.63, 3.8) is 0 Å². The van der Waals surface area contributed by atoms with E-state index < -0.39 is 10.0 Å². The zero-order chi connectivity index (χ0) is 18.1. The molecule has 0 saturated carbocycles. The van der Waals surface area contributed by atoms with Gasteiger partial charge in [-0.2, -0.15) is 13.5 Å². The van der Waals surface area contributed by atoms with Gasteiger partial charge in [0.25, 0.3) is 10.0 Å². The molecule has 0 atom stereocenters. The molecule has 0 heterocycles. The number of unbranched alkanes of at least 4 members (excludes halogenated alkanes) is 2. The maximum Gasteiger partial charge on any atom is 0.276 e. The van der Waals surface area contributed by atoms with Crippen LogP contribution in [0.2, 0.25) is 0 Å². The van der Waals surface area contributed by atoms with Crippen LogP contribution < -0.4 is 9.57 Å². The Morgan fingerprint density at radius 1 is 1.08 bits per heavy atom. The molecule has 25 heavy (non-hydrogen) atoms. The first-order chi connectivity index (χ1) is 12.0. The van der Waals surface area contributed by atoms with E-state index in [1.54, 1.807) is 12.1 Å². The monoisotopic (exact) mass is 424 g/mol. The van der Waals surface area contributed by atoms with Gasteiger partial charge in [-0.05, 0) is 60.5 Å². The Bertz CT molecular complexity index is 788. The summed E-state index contributed by atoms with van der Waals surface area (Å²) in [5, 5.41) is 3.81. The summed E-state index contributed by atoms with van der Waals surface area (Å²) in [6, 6.07) is 13.7. The van der Waals surface area contributed by atoms with Crippen LogP contribution >= 0.6 is 15.9 Å². The van der Waals surface area contributed by atoms with E-state index >= 15 is 0 Å². The van der Waals surface area contributed by atoms with Gasteiger partial charge in [0.2, 0.25) is 0 Å². The van der Waals surface area contributed by atoms with Gasteiger partial charge in [0, 0.05) is 4.47 Å². The van der Waals surface area contributed by atoms with Gasteiger partial charge in [-0.1, -0.05) is 35.7 Å². The van der Waals surface area contributed by atoms with Gasteiger partial charge in [-0.15, -0.1) is 0 Å². The summed E-state index contributed by atoms with van der Waals surface area (Å²) in [6.07, 6.45) is 4.81. The van der Waals surface area contributed by atoms with Gasteiger partial charge in [0.1, 0.15) is 5.75 Å². The minimum Gasteiger partial charge on any atom is -0.494 e. The highest BCUT2D eigenvalue weighted by Gasteiger charge is 2.11. The van der Waals surface area contributed by atoms with E-state index in [0.29, 0.717) is 6.61 Å². The largest absolute Gasteiger partial charge is 0.494 e. The molecule has 0 aliphatic rings. The van der Waals surface area contributed by atoms with Crippen molar-refractivity contribution < 1.29 is 13.2 Å². The molecule has 0 aromatic heterocycles. The zero-order valence-electron chi connectivity index (χ0n) is 14.0. The summed E-state index contributed by atoms with van der Waals surface area (Å²) in [5.41, 5.74) is 0.777. The molecule has 2 rings (SSSR count). The summed E-state index contributed by atoms with van der Waals surface area (Å²) < 4.78 is 30.6. The highest BCUT2D eigenvalue weighted by atomic mass is 79.9. The fourth-order valence-corrected chi connectivity index (χ4v) is 3.08. The van der Waals surface area contributed by atoms with Crippen molar-refractivity contribution in [1.29, 1.82) is 0 Å². The minimum atomic E-state index is -3.67. The maximum absolute atomic E-state index is 12.1. The van der Waals surface area contributed by atoms with Crippen LogP contribution in [-0.4, -0.2) is 21.2 Å². The van der Waals surface area contributed by atoms with Crippen LogP contribution in [0.4, 0.5) is 0 Å². The highest BCUT2D eigenvalue weighted by molar-refractivity contribution is 9.10. The first-order valence-electron chi connectivity index (χ1n) is 8.04. The highest BCUT2D eigenvalue weighted by Crippen LogP contribution is 2.15. The van der Waals surface area contributed by atoms with Crippen LogP contribution in [0.15, 0.2) is 63.0 Å². The molecule has 0 unspecified atom stereocenters. The van der Waals surface area contributed by atoms with Gasteiger partial charge in [0.15, 0.2) is 0 Å². The van der Waals surface area contributed by atoms with Crippen LogP contribution in [-0.2, 0) is 10.0 Å². The number of hydrogen-bond donors (Lipinski definition) is 1. The molecule has 2 aromatic carbocycles. The van der Waals surface area contributed by atoms with Crippen molar-refractivity contribution in [2.75, 3.05) is 6.61 Å². The van der Waals surface area contributed by atoms with Crippen LogP contribution in [0.5, 0.6) is 5.75 Å². The smallest absolute Gasteiger partial charge is 0.276 e. The van der Waals surface area contributed by atoms with Crippen LogP contribution in [0.25, 0.3) is 0 Å². The number of hydrogen-bond acceptors (Lipinski definition) is 4. The van der Waals surface area contributed by atoms with E-state index in [1.807, 2.05) is 24.3 Å². The van der Waals surface area contributed by atoms with E-state index in [1.165, 1.54) is 18.3 Å². The Hall–Kier alpha value is -1.86. The molecule has 5 nitrogen and oxygen atoms in total. The van der Waals surface area contributed by atoms with Crippen molar-refractivity contribution in [2.24, 2.45) is 5.10 Å². The molecule has 2 aromatic rings. The Morgan fingerprint density at radius 3 is 2.40 bits per heavy atom. The Kier molecular flexibility index (Phi) is 7.46. The average molecular weight is 425 g/mol. The van der Waals surface area contributed by atoms with Crippen molar-refractivity contribution in [3.05, 3.63) is 58.6 Å². The molecule has 0 amide bonds.